The third-order valence-corrected chi connectivity index (χ3v) is 13.8. The summed E-state index contributed by atoms with van der Waals surface area (Å²) in [6.07, 6.45) is -2.51. The summed E-state index contributed by atoms with van der Waals surface area (Å²) in [6, 6.07) is 12.7. The Kier molecular flexibility index (Phi) is 16.9. The summed E-state index contributed by atoms with van der Waals surface area (Å²) in [4.78, 5) is 85.5. The summed E-state index contributed by atoms with van der Waals surface area (Å²) >= 11 is 0. The molecule has 1 saturated carbocycles. The molecule has 73 heavy (non-hydrogen) atoms. The van der Waals surface area contributed by atoms with Gasteiger partial charge in [-0.3, -0.25) is 47.7 Å². The van der Waals surface area contributed by atoms with Gasteiger partial charge < -0.3 is 54.2 Å². The fourth-order valence-electron chi connectivity index (χ4n) is 8.14. The van der Waals surface area contributed by atoms with Crippen molar-refractivity contribution >= 4 is 63.1 Å². The Morgan fingerprint density at radius 3 is 2.51 bits per heavy atom. The molecule has 2 aromatic carbocycles. The molecule has 8 rings (SSSR count). The van der Waals surface area contributed by atoms with Gasteiger partial charge in [-0.1, -0.05) is 42.5 Å². The number of imidazole rings is 1. The van der Waals surface area contributed by atoms with Crippen LogP contribution in [-0.2, 0) is 59.4 Å². The number of nitrogens with zero attached hydrogens (tertiary/aromatic N) is 6. The van der Waals surface area contributed by atoms with Gasteiger partial charge in [-0.05, 0) is 49.6 Å². The lowest BCUT2D eigenvalue weighted by Gasteiger charge is -2.23. The van der Waals surface area contributed by atoms with Crippen molar-refractivity contribution in [3.05, 3.63) is 113 Å². The second-order valence-corrected chi connectivity index (χ2v) is 19.5. The number of H-pyrrole nitrogens is 1. The molecule has 2 unspecified atom stereocenters. The lowest BCUT2D eigenvalue weighted by molar-refractivity contribution is -0.126. The number of nitrogens with two attached hydrogens (primary N) is 1. The van der Waals surface area contributed by atoms with Gasteiger partial charge in [0.05, 0.1) is 25.6 Å². The molecule has 2 aliphatic heterocycles. The molecule has 4 amide bonds. The third-order valence-electron chi connectivity index (χ3n) is 12.1. The van der Waals surface area contributed by atoms with Crippen LogP contribution in [0.15, 0.2) is 90.4 Å². The number of hydrogen-bond acceptors (Lipinski definition) is 20. The molecule has 0 radical (unpaired) electrons. The van der Waals surface area contributed by atoms with E-state index in [4.69, 9.17) is 38.0 Å². The first-order valence-electron chi connectivity index (χ1n) is 22.8. The van der Waals surface area contributed by atoms with Crippen molar-refractivity contribution in [3.8, 4) is 5.88 Å². The van der Waals surface area contributed by atoms with Crippen LogP contribution in [0.3, 0.4) is 0 Å². The molecule has 26 nitrogen and oxygen atoms in total. The molecule has 5 aromatic rings. The van der Waals surface area contributed by atoms with Gasteiger partial charge in [0, 0.05) is 49.4 Å². The van der Waals surface area contributed by atoms with E-state index < -0.39 is 107 Å². The molecule has 3 aliphatic rings. The van der Waals surface area contributed by atoms with Gasteiger partial charge in [0.25, 0.3) is 11.5 Å². The Labute approximate surface area is 417 Å². The molecular weight excluding hydrogens is 997 g/mol. The zero-order valence-electron chi connectivity index (χ0n) is 39.5. The summed E-state index contributed by atoms with van der Waals surface area (Å²) < 4.78 is 68.2. The van der Waals surface area contributed by atoms with E-state index in [0.717, 1.165) is 0 Å². The van der Waals surface area contributed by atoms with Crippen molar-refractivity contribution in [2.24, 2.45) is 11.7 Å². The number of aliphatic hydroxyl groups is 1. The molecule has 388 valence electrons. The zero-order chi connectivity index (χ0) is 51.9. The molecule has 7 N–H and O–H groups in total. The van der Waals surface area contributed by atoms with E-state index in [-0.39, 0.29) is 42.4 Å². The fourth-order valence-corrected chi connectivity index (χ4v) is 9.94. The highest BCUT2D eigenvalue weighted by Crippen LogP contribution is 2.44. The van der Waals surface area contributed by atoms with E-state index >= 15 is 0 Å². The number of carbonyl (C=O) groups excluding carboxylic acids is 4. The number of aromatic amines is 1. The second kappa shape index (κ2) is 23.4. The lowest BCUT2D eigenvalue weighted by atomic mass is 10.1. The minimum atomic E-state index is -3.36. The maximum Gasteiger partial charge on any atom is 0.410 e. The van der Waals surface area contributed by atoms with Crippen LogP contribution in [0.25, 0.3) is 11.2 Å². The van der Waals surface area contributed by atoms with Crippen LogP contribution in [0.1, 0.15) is 54.4 Å². The first kappa shape index (κ1) is 52.6. The maximum atomic E-state index is 13.8. The summed E-state index contributed by atoms with van der Waals surface area (Å²) in [5.41, 5.74) is 6.74. The van der Waals surface area contributed by atoms with Crippen molar-refractivity contribution < 1.29 is 65.7 Å². The van der Waals surface area contributed by atoms with E-state index in [1.807, 2.05) is 0 Å². The number of hydrogen-bond donors (Lipinski definition) is 6. The molecule has 3 aromatic heterocycles. The molecule has 0 spiro atoms. The van der Waals surface area contributed by atoms with Gasteiger partial charge >= 0.3 is 22.6 Å². The number of anilines is 2. The van der Waals surface area contributed by atoms with Crippen LogP contribution in [0.2, 0.25) is 0 Å². The number of ether oxygens (including phenoxy) is 3. The summed E-state index contributed by atoms with van der Waals surface area (Å²) in [6.45, 7) is 6.01. The van der Waals surface area contributed by atoms with E-state index in [1.54, 1.807) is 55.5 Å². The molecule has 5 heterocycles. The monoisotopic (exact) mass is 1050 g/mol. The first-order chi connectivity index (χ1) is 35.0. The predicted octanol–water partition coefficient (Wildman–Crippen LogP) is 2.99. The van der Waals surface area contributed by atoms with Crippen LogP contribution >= 0.6 is 16.5 Å². The van der Waals surface area contributed by atoms with Crippen molar-refractivity contribution in [1.82, 2.24) is 39.7 Å². The molecule has 2 bridgehead atoms. The summed E-state index contributed by atoms with van der Waals surface area (Å²) in [5.74, 6) is -2.11. The average Bonchev–Trinajstić information content (AvgIpc) is 4.06. The number of rotatable bonds is 14. The van der Waals surface area contributed by atoms with Gasteiger partial charge in [-0.2, -0.15) is 4.98 Å². The minimum Gasteiger partial charge on any atom is -0.474 e. The third kappa shape index (κ3) is 12.9. The topological polar surface area (TPSA) is 342 Å². The van der Waals surface area contributed by atoms with Gasteiger partial charge in [0.1, 0.15) is 49.4 Å². The zero-order valence-corrected chi connectivity index (χ0v) is 41.5. The molecule has 2 saturated heterocycles. The minimum absolute atomic E-state index is 0.0725. The quantitative estimate of drug-likeness (QED) is 0.0687. The predicted molar refractivity (Wildman–Crippen MR) is 258 cm³/mol. The van der Waals surface area contributed by atoms with Crippen molar-refractivity contribution in [2.75, 3.05) is 30.9 Å². The Bertz CT molecular complexity index is 2950. The summed E-state index contributed by atoms with van der Waals surface area (Å²) in [7, 11) is -5.06. The Morgan fingerprint density at radius 2 is 1.75 bits per heavy atom. The first-order valence-corrected chi connectivity index (χ1v) is 25.2. The summed E-state index contributed by atoms with van der Waals surface area (Å²) in [5, 5.41) is 19.2. The van der Waals surface area contributed by atoms with Gasteiger partial charge in [0.2, 0.25) is 23.6 Å². The Morgan fingerprint density at radius 1 is 1.00 bits per heavy atom. The van der Waals surface area contributed by atoms with Crippen LogP contribution in [0.5, 0.6) is 5.88 Å². The number of aliphatic hydroxyl groups excluding tert-OH is 1. The van der Waals surface area contributed by atoms with Crippen LogP contribution in [0.4, 0.5) is 16.4 Å². The average molecular weight is 1050 g/mol. The number of nitrogens with one attached hydrogen (secondary N) is 4. The van der Waals surface area contributed by atoms with Gasteiger partial charge in [-0.25, -0.2) is 19.7 Å². The molecule has 28 heteroatoms. The normalized spacial score (nSPS) is 24.9. The van der Waals surface area contributed by atoms with E-state index in [1.165, 1.54) is 48.4 Å². The van der Waals surface area contributed by atoms with Gasteiger partial charge in [-0.15, -0.1) is 0 Å². The highest BCUT2D eigenvalue weighted by atomic mass is 31.1. The number of benzene rings is 2. The number of amides is 4. The lowest BCUT2D eigenvalue weighted by Crippen LogP contribution is -2.48. The van der Waals surface area contributed by atoms with Crippen LogP contribution < -0.4 is 32.0 Å². The smallest absolute Gasteiger partial charge is 0.410 e. The van der Waals surface area contributed by atoms with E-state index in [2.05, 4.69) is 47.4 Å². The van der Waals surface area contributed by atoms with Crippen molar-refractivity contribution in [2.45, 2.75) is 88.7 Å². The Balaban J connectivity index is 0.889. The van der Waals surface area contributed by atoms with Crippen molar-refractivity contribution in [3.63, 3.8) is 0 Å². The standard InChI is InChI=1S/C45H53N11O15P2/c1-23(2)34(46)41(60)50-24(3)39(58)51-28-11-9-25(10-12-28)18-65-45(62)55(4)17-26-7-5-6-8-30(26)40(59)53-44-52-38-35(42(61)54-44)49-22-56(38)43-37-36(57)32(69-43)20-67-72(63)70-31-16-29(68-33-13-14-47-21-48-33)15-27(31)19-66-73(64)71-37/h5-14,21-22,24,27,29,31-32,34,36-37,43,57,72-73H,1,15-20,46H2,2-4H3,(H,50,60)(H,51,58)(H2,52,53,54,59,61)/t24-,27+,29+,31-,32+,34-,36+,37+,43+/m0/s1. The number of aromatic nitrogens is 6. The highest BCUT2D eigenvalue weighted by Gasteiger charge is 2.48. The number of fused-ring (bicyclic) bond motifs is 4. The van der Waals surface area contributed by atoms with E-state index in [0.29, 0.717) is 41.1 Å². The molecule has 1 aliphatic carbocycles. The maximum absolute atomic E-state index is 13.8. The van der Waals surface area contributed by atoms with Gasteiger partial charge in [0.15, 0.2) is 17.4 Å². The highest BCUT2D eigenvalue weighted by molar-refractivity contribution is 7.33. The van der Waals surface area contributed by atoms with Crippen LogP contribution in [0, 0.1) is 5.92 Å². The van der Waals surface area contributed by atoms with E-state index in [9.17, 15) is 38.2 Å². The second-order valence-electron chi connectivity index (χ2n) is 17.4. The largest absolute Gasteiger partial charge is 0.474 e. The van der Waals surface area contributed by atoms with Crippen LogP contribution in [-0.4, -0.2) is 126 Å². The molecular formula is C45H53N11O15P2. The molecule has 3 fully saturated rings. The molecule has 11 atom stereocenters. The fraction of sp³-hybridized carbons (Fsp3) is 0.400. The van der Waals surface area contributed by atoms with Crippen molar-refractivity contribution in [1.29, 1.82) is 0 Å². The number of carbonyl (C=O) groups is 4. The Hall–Kier alpha value is -6.73. The SMILES string of the molecule is C=C(C)[C@H](N)C(=O)N[C@@H](C)C(=O)Nc1ccc(COC(=O)N(C)Cc2ccccc2C(=O)Nc2nc3c(ncn3[C@@H]3O[C@@H]4CO[PH](=O)O[C@H]5C[C@H](Oc6ccncn6)C[C@@H]5CO[PH](=O)O[C@@H]3[C@@H]4O)c(=O)[nH]2)cc1.